The third-order valence-corrected chi connectivity index (χ3v) is 3.57. The van der Waals surface area contributed by atoms with E-state index in [0.717, 1.165) is 11.4 Å². The van der Waals surface area contributed by atoms with Crippen molar-refractivity contribution < 1.29 is 4.79 Å². The third kappa shape index (κ3) is 2.01. The van der Waals surface area contributed by atoms with Gasteiger partial charge in [-0.05, 0) is 31.2 Å². The van der Waals surface area contributed by atoms with Crippen LogP contribution in [0.5, 0.6) is 0 Å². The van der Waals surface area contributed by atoms with Crippen LogP contribution in [0.1, 0.15) is 18.7 Å². The molecule has 2 atom stereocenters. The molecule has 2 aromatic rings. The summed E-state index contributed by atoms with van der Waals surface area (Å²) in [5.74, 6) is 0.0139. The molecular formula is C17H16N2O. The number of benzene rings is 1. The maximum Gasteiger partial charge on any atom is 0.237 e. The van der Waals surface area contributed by atoms with Gasteiger partial charge >= 0.3 is 0 Å². The van der Waals surface area contributed by atoms with Gasteiger partial charge in [-0.1, -0.05) is 36.4 Å². The van der Waals surface area contributed by atoms with Crippen molar-refractivity contribution in [2.45, 2.75) is 13.0 Å². The zero-order valence-electron chi connectivity index (χ0n) is 11.3. The molecular weight excluding hydrogens is 248 g/mol. The monoisotopic (exact) mass is 264 g/mol. The molecule has 2 heterocycles. The Balaban J connectivity index is 1.99. The number of hydrogen-bond donors (Lipinski definition) is 0. The molecule has 0 bridgehead atoms. The fourth-order valence-electron chi connectivity index (χ4n) is 2.65. The second-order valence-electron chi connectivity index (χ2n) is 4.79. The van der Waals surface area contributed by atoms with Gasteiger partial charge in [0.25, 0.3) is 0 Å². The van der Waals surface area contributed by atoms with Crippen LogP contribution in [-0.2, 0) is 4.79 Å². The molecule has 0 aliphatic carbocycles. The predicted octanol–water partition coefficient (Wildman–Crippen LogP) is 3.36. The van der Waals surface area contributed by atoms with Crippen molar-refractivity contribution in [1.82, 2.24) is 4.98 Å². The predicted molar refractivity (Wildman–Crippen MR) is 79.2 cm³/mol. The summed E-state index contributed by atoms with van der Waals surface area (Å²) in [7, 11) is 0. The van der Waals surface area contributed by atoms with Crippen LogP contribution in [0.4, 0.5) is 5.69 Å². The van der Waals surface area contributed by atoms with E-state index in [1.807, 2.05) is 72.5 Å². The Morgan fingerprint density at radius 1 is 1.10 bits per heavy atom. The number of rotatable bonds is 3. The van der Waals surface area contributed by atoms with E-state index in [1.54, 1.807) is 6.20 Å². The van der Waals surface area contributed by atoms with Gasteiger partial charge in [0.05, 0.1) is 17.7 Å². The van der Waals surface area contributed by atoms with Crippen molar-refractivity contribution in [2.75, 3.05) is 4.90 Å². The number of nitrogens with zero attached hydrogens (tertiary/aromatic N) is 2. The summed E-state index contributed by atoms with van der Waals surface area (Å²) in [6, 6.07) is 15.6. The number of aromatic nitrogens is 1. The van der Waals surface area contributed by atoms with E-state index < -0.39 is 0 Å². The van der Waals surface area contributed by atoms with E-state index in [2.05, 4.69) is 4.98 Å². The minimum atomic E-state index is -0.116. The minimum Gasteiger partial charge on any atom is -0.302 e. The van der Waals surface area contributed by atoms with E-state index in [-0.39, 0.29) is 17.9 Å². The van der Waals surface area contributed by atoms with E-state index >= 15 is 0 Å². The first-order valence-electron chi connectivity index (χ1n) is 6.75. The molecule has 0 saturated carbocycles. The fourth-order valence-corrected chi connectivity index (χ4v) is 2.65. The largest absolute Gasteiger partial charge is 0.302 e. The molecule has 1 saturated heterocycles. The zero-order valence-corrected chi connectivity index (χ0v) is 11.3. The lowest BCUT2D eigenvalue weighted by atomic mass is 9.83. The zero-order chi connectivity index (χ0) is 13.9. The summed E-state index contributed by atoms with van der Waals surface area (Å²) in [5, 5.41) is 0. The van der Waals surface area contributed by atoms with Gasteiger partial charge in [0.2, 0.25) is 5.91 Å². The summed E-state index contributed by atoms with van der Waals surface area (Å²) in [4.78, 5) is 18.6. The summed E-state index contributed by atoms with van der Waals surface area (Å²) >= 11 is 0. The lowest BCUT2D eigenvalue weighted by Crippen LogP contribution is -2.54. The number of pyridine rings is 1. The molecule has 0 N–H and O–H groups in total. The van der Waals surface area contributed by atoms with Crippen molar-refractivity contribution in [3.05, 3.63) is 72.6 Å². The van der Waals surface area contributed by atoms with E-state index in [4.69, 9.17) is 0 Å². The van der Waals surface area contributed by atoms with Crippen LogP contribution < -0.4 is 4.90 Å². The van der Waals surface area contributed by atoms with E-state index in [9.17, 15) is 4.79 Å². The molecule has 3 nitrogen and oxygen atoms in total. The standard InChI is InChI=1S/C17H16N2O/c1-2-8-14-16(15-11-6-7-12-18-15)19(17(14)20)13-9-4-3-5-10-13/h2-12,14,16H,1H3/b8-2+. The van der Waals surface area contributed by atoms with Gasteiger partial charge in [-0.2, -0.15) is 0 Å². The first-order chi connectivity index (χ1) is 9.83. The highest BCUT2D eigenvalue weighted by atomic mass is 16.2. The molecule has 100 valence electrons. The molecule has 1 aromatic carbocycles. The number of hydrogen-bond acceptors (Lipinski definition) is 2. The van der Waals surface area contributed by atoms with Gasteiger partial charge in [0, 0.05) is 11.9 Å². The van der Waals surface area contributed by atoms with Gasteiger partial charge < -0.3 is 4.90 Å². The highest BCUT2D eigenvalue weighted by molar-refractivity contribution is 6.04. The summed E-state index contributed by atoms with van der Waals surface area (Å²) in [6.07, 6.45) is 5.66. The average molecular weight is 264 g/mol. The van der Waals surface area contributed by atoms with Gasteiger partial charge in [0.1, 0.15) is 0 Å². The third-order valence-electron chi connectivity index (χ3n) is 3.57. The van der Waals surface area contributed by atoms with Crippen LogP contribution >= 0.6 is 0 Å². The molecule has 1 aliphatic heterocycles. The topological polar surface area (TPSA) is 33.2 Å². The number of carbonyl (C=O) groups excluding carboxylic acids is 1. The van der Waals surface area contributed by atoms with Crippen molar-refractivity contribution in [1.29, 1.82) is 0 Å². The van der Waals surface area contributed by atoms with Crippen molar-refractivity contribution in [2.24, 2.45) is 5.92 Å². The van der Waals surface area contributed by atoms with Gasteiger partial charge in [-0.25, -0.2) is 0 Å². The Morgan fingerprint density at radius 2 is 1.85 bits per heavy atom. The van der Waals surface area contributed by atoms with Gasteiger partial charge in [-0.3, -0.25) is 9.78 Å². The molecule has 1 aliphatic rings. The Morgan fingerprint density at radius 3 is 2.50 bits per heavy atom. The Labute approximate surface area is 118 Å². The normalized spacial score (nSPS) is 22.1. The minimum absolute atomic E-state index is 0.0118. The Hall–Kier alpha value is -2.42. The fraction of sp³-hybridized carbons (Fsp3) is 0.176. The van der Waals surface area contributed by atoms with Crippen LogP contribution in [0.3, 0.4) is 0 Å². The van der Waals surface area contributed by atoms with Crippen molar-refractivity contribution in [3.63, 3.8) is 0 Å². The molecule has 2 unspecified atom stereocenters. The first kappa shape index (κ1) is 12.6. The smallest absolute Gasteiger partial charge is 0.237 e. The Kier molecular flexibility index (Phi) is 3.33. The highest BCUT2D eigenvalue weighted by Gasteiger charge is 2.47. The quantitative estimate of drug-likeness (QED) is 0.629. The van der Waals surface area contributed by atoms with Crippen molar-refractivity contribution >= 4 is 11.6 Å². The van der Waals surface area contributed by atoms with E-state index in [1.165, 1.54) is 0 Å². The second-order valence-corrected chi connectivity index (χ2v) is 4.79. The Bertz CT molecular complexity index is 622. The van der Waals surface area contributed by atoms with Crippen LogP contribution in [0, 0.1) is 5.92 Å². The summed E-state index contributed by atoms with van der Waals surface area (Å²) in [5.41, 5.74) is 1.85. The molecule has 1 aromatic heterocycles. The molecule has 1 amide bonds. The van der Waals surface area contributed by atoms with Crippen LogP contribution in [0.2, 0.25) is 0 Å². The number of para-hydroxylation sites is 1. The average Bonchev–Trinajstić information content (AvgIpc) is 2.51. The number of amides is 1. The molecule has 0 spiro atoms. The molecule has 1 fully saturated rings. The van der Waals surface area contributed by atoms with Gasteiger partial charge in [0.15, 0.2) is 0 Å². The molecule has 20 heavy (non-hydrogen) atoms. The molecule has 3 rings (SSSR count). The number of carbonyl (C=O) groups is 1. The number of allylic oxidation sites excluding steroid dienone is 1. The van der Waals surface area contributed by atoms with E-state index in [0.29, 0.717) is 0 Å². The van der Waals surface area contributed by atoms with Crippen LogP contribution in [0.25, 0.3) is 0 Å². The lowest BCUT2D eigenvalue weighted by Gasteiger charge is -2.45. The highest BCUT2D eigenvalue weighted by Crippen LogP contribution is 2.43. The van der Waals surface area contributed by atoms with Crippen molar-refractivity contribution in [3.8, 4) is 0 Å². The second kappa shape index (κ2) is 5.29. The summed E-state index contributed by atoms with van der Waals surface area (Å²) < 4.78 is 0. The van der Waals surface area contributed by atoms with Crippen LogP contribution in [0.15, 0.2) is 66.9 Å². The first-order valence-corrected chi connectivity index (χ1v) is 6.75. The van der Waals surface area contributed by atoms with Gasteiger partial charge in [-0.15, -0.1) is 0 Å². The SMILES string of the molecule is C/C=C/C1C(=O)N(c2ccccc2)C1c1ccccn1. The lowest BCUT2D eigenvalue weighted by molar-refractivity contribution is -0.128. The maximum atomic E-state index is 12.4. The number of anilines is 1. The molecule has 3 heteroatoms. The molecule has 0 radical (unpaired) electrons. The number of β-lactam (4-membered cyclic amide) rings is 1. The summed E-state index contributed by atoms with van der Waals surface area (Å²) in [6.45, 7) is 1.94. The maximum absolute atomic E-state index is 12.4. The van der Waals surface area contributed by atoms with Crippen LogP contribution in [-0.4, -0.2) is 10.9 Å².